The molecule has 1 aliphatic rings. The van der Waals surface area contributed by atoms with E-state index in [4.69, 9.17) is 16.6 Å². The van der Waals surface area contributed by atoms with Crippen molar-refractivity contribution >= 4 is 29.0 Å². The van der Waals surface area contributed by atoms with Crippen LogP contribution in [0.25, 0.3) is 11.3 Å². The molecular weight excluding hydrogens is 393 g/mol. The first-order valence-electron chi connectivity index (χ1n) is 9.35. The second-order valence-corrected chi connectivity index (χ2v) is 7.30. The summed E-state index contributed by atoms with van der Waals surface area (Å²) >= 11 is 6.00. The molecule has 3 aromatic rings. The summed E-state index contributed by atoms with van der Waals surface area (Å²) in [6.45, 7) is 1.94. The lowest BCUT2D eigenvalue weighted by Gasteiger charge is -2.28. The molecule has 4 rings (SSSR count). The lowest BCUT2D eigenvalue weighted by molar-refractivity contribution is -0.131. The minimum Gasteiger partial charge on any atom is -0.340 e. The van der Waals surface area contributed by atoms with Gasteiger partial charge in [0, 0.05) is 29.4 Å². The highest BCUT2D eigenvalue weighted by atomic mass is 35.5. The topological polar surface area (TPSA) is 62.2 Å². The summed E-state index contributed by atoms with van der Waals surface area (Å²) < 4.78 is 15.5. The van der Waals surface area contributed by atoms with Crippen molar-refractivity contribution < 1.29 is 9.18 Å². The number of nitrogens with one attached hydrogen (secondary N) is 2. The number of hydrogen-bond donors (Lipinski definition) is 2. The van der Waals surface area contributed by atoms with Crippen LogP contribution < -0.4 is 10.6 Å². The molecule has 2 aromatic carbocycles. The number of likely N-dealkylation sites (N-methyl/N-ethyl adjacent to an activating group) is 1. The van der Waals surface area contributed by atoms with Gasteiger partial charge in [0.05, 0.1) is 13.1 Å². The molecule has 0 fully saturated rings. The van der Waals surface area contributed by atoms with Gasteiger partial charge in [0.1, 0.15) is 23.2 Å². The molecule has 150 valence electrons. The van der Waals surface area contributed by atoms with E-state index in [-0.39, 0.29) is 11.7 Å². The van der Waals surface area contributed by atoms with Crippen molar-refractivity contribution in [1.29, 1.82) is 0 Å². The van der Waals surface area contributed by atoms with Gasteiger partial charge in [-0.25, -0.2) is 9.37 Å². The molecule has 1 aliphatic heterocycles. The Hall–Kier alpha value is -2.90. The predicted molar refractivity (Wildman–Crippen MR) is 112 cm³/mol. The number of amides is 1. The Morgan fingerprint density at radius 1 is 1.14 bits per heavy atom. The zero-order valence-corrected chi connectivity index (χ0v) is 16.7. The van der Waals surface area contributed by atoms with Crippen molar-refractivity contribution in [2.24, 2.45) is 0 Å². The van der Waals surface area contributed by atoms with Crippen LogP contribution in [-0.2, 0) is 17.9 Å². The van der Waals surface area contributed by atoms with E-state index >= 15 is 0 Å². The molecular formula is C21H21ClFN5O. The number of anilines is 2. The van der Waals surface area contributed by atoms with Gasteiger partial charge in [-0.3, -0.25) is 4.79 Å². The van der Waals surface area contributed by atoms with Gasteiger partial charge in [-0.2, -0.15) is 0 Å². The molecule has 0 unspecified atom stereocenters. The van der Waals surface area contributed by atoms with Gasteiger partial charge < -0.3 is 20.1 Å². The van der Waals surface area contributed by atoms with Crippen molar-refractivity contribution in [2.45, 2.75) is 13.1 Å². The number of hydrogen-bond acceptors (Lipinski definition) is 4. The molecule has 0 aliphatic carbocycles. The van der Waals surface area contributed by atoms with E-state index in [1.807, 2.05) is 24.3 Å². The third-order valence-corrected chi connectivity index (χ3v) is 5.13. The first kappa shape index (κ1) is 19.4. The molecule has 8 heteroatoms. The quantitative estimate of drug-likeness (QED) is 0.670. The van der Waals surface area contributed by atoms with Crippen molar-refractivity contribution in [3.8, 4) is 11.3 Å². The van der Waals surface area contributed by atoms with Gasteiger partial charge >= 0.3 is 0 Å². The average Bonchev–Trinajstić information content (AvgIpc) is 3.08. The fourth-order valence-electron chi connectivity index (χ4n) is 3.41. The minimum atomic E-state index is -0.297. The van der Waals surface area contributed by atoms with E-state index in [2.05, 4.69) is 15.2 Å². The minimum absolute atomic E-state index is 0.0392. The highest BCUT2D eigenvalue weighted by Crippen LogP contribution is 2.33. The molecule has 2 N–H and O–H groups in total. The van der Waals surface area contributed by atoms with Crippen LogP contribution in [0.1, 0.15) is 5.82 Å². The second-order valence-electron chi connectivity index (χ2n) is 6.86. The Kier molecular flexibility index (Phi) is 5.51. The van der Waals surface area contributed by atoms with Crippen molar-refractivity contribution in [3.05, 3.63) is 65.2 Å². The molecule has 0 radical (unpaired) electrons. The Labute approximate surface area is 173 Å². The summed E-state index contributed by atoms with van der Waals surface area (Å²) in [6, 6.07) is 13.7. The molecule has 29 heavy (non-hydrogen) atoms. The van der Waals surface area contributed by atoms with Crippen LogP contribution in [0.3, 0.4) is 0 Å². The average molecular weight is 414 g/mol. The second kappa shape index (κ2) is 8.23. The van der Waals surface area contributed by atoms with Gasteiger partial charge in [-0.05, 0) is 55.6 Å². The number of halogens is 2. The maximum absolute atomic E-state index is 13.4. The molecule has 1 aromatic heterocycles. The molecule has 0 saturated heterocycles. The van der Waals surface area contributed by atoms with Crippen LogP contribution in [0, 0.1) is 5.82 Å². The van der Waals surface area contributed by atoms with E-state index in [9.17, 15) is 9.18 Å². The number of benzene rings is 2. The van der Waals surface area contributed by atoms with Gasteiger partial charge in [0.25, 0.3) is 0 Å². The van der Waals surface area contributed by atoms with Gasteiger partial charge in [-0.1, -0.05) is 11.6 Å². The zero-order chi connectivity index (χ0) is 20.4. The van der Waals surface area contributed by atoms with Gasteiger partial charge in [-0.15, -0.1) is 0 Å². The summed E-state index contributed by atoms with van der Waals surface area (Å²) in [4.78, 5) is 18.9. The van der Waals surface area contributed by atoms with Gasteiger partial charge in [0.15, 0.2) is 0 Å². The zero-order valence-electron chi connectivity index (χ0n) is 16.0. The molecule has 1 amide bonds. The number of carbonyl (C=O) groups is 1. The predicted octanol–water partition coefficient (Wildman–Crippen LogP) is 3.65. The van der Waals surface area contributed by atoms with Crippen LogP contribution in [0.15, 0.2) is 48.5 Å². The Morgan fingerprint density at radius 3 is 2.55 bits per heavy atom. The summed E-state index contributed by atoms with van der Waals surface area (Å²) in [5.41, 5.74) is 2.39. The Morgan fingerprint density at radius 2 is 1.86 bits per heavy atom. The van der Waals surface area contributed by atoms with Crippen LogP contribution >= 0.6 is 11.6 Å². The first-order chi connectivity index (χ1) is 14.0. The summed E-state index contributed by atoms with van der Waals surface area (Å²) in [5, 5.41) is 6.97. The molecule has 2 heterocycles. The molecule has 0 saturated carbocycles. The monoisotopic (exact) mass is 413 g/mol. The van der Waals surface area contributed by atoms with Crippen LogP contribution in [0.4, 0.5) is 15.9 Å². The van der Waals surface area contributed by atoms with Crippen LogP contribution in [-0.4, -0.2) is 40.5 Å². The largest absolute Gasteiger partial charge is 0.340 e. The highest BCUT2D eigenvalue weighted by Gasteiger charge is 2.26. The summed E-state index contributed by atoms with van der Waals surface area (Å²) in [5.74, 6) is 1.34. The Bertz CT molecular complexity index is 1020. The van der Waals surface area contributed by atoms with E-state index in [0.29, 0.717) is 31.2 Å². The van der Waals surface area contributed by atoms with E-state index < -0.39 is 0 Å². The first-order valence-corrected chi connectivity index (χ1v) is 9.73. The lowest BCUT2D eigenvalue weighted by Crippen LogP contribution is -2.42. The van der Waals surface area contributed by atoms with E-state index in [1.165, 1.54) is 12.1 Å². The standard InChI is InChI=1S/C21H21ClFN5O/c1-24-12-19(29)27-10-11-28-18(13-27)26-20(14-2-6-16(23)7-3-14)21(28)25-17-8-4-15(22)5-9-17/h2-9,24-25H,10-13H2,1H3. The maximum Gasteiger partial charge on any atom is 0.236 e. The van der Waals surface area contributed by atoms with E-state index in [1.54, 1.807) is 24.1 Å². The molecule has 0 spiro atoms. The van der Waals surface area contributed by atoms with Crippen molar-refractivity contribution in [3.63, 3.8) is 0 Å². The number of aromatic nitrogens is 2. The van der Waals surface area contributed by atoms with Crippen LogP contribution in [0.2, 0.25) is 5.02 Å². The van der Waals surface area contributed by atoms with E-state index in [0.717, 1.165) is 28.6 Å². The fourth-order valence-corrected chi connectivity index (χ4v) is 3.54. The third-order valence-electron chi connectivity index (χ3n) is 4.88. The number of rotatable bonds is 5. The number of nitrogens with zero attached hydrogens (tertiary/aromatic N) is 3. The normalized spacial score (nSPS) is 13.3. The summed E-state index contributed by atoms with van der Waals surface area (Å²) in [6.07, 6.45) is 0. The molecule has 6 nitrogen and oxygen atoms in total. The fraction of sp³-hybridized carbons (Fsp3) is 0.238. The summed E-state index contributed by atoms with van der Waals surface area (Å²) in [7, 11) is 1.75. The Balaban J connectivity index is 1.72. The smallest absolute Gasteiger partial charge is 0.236 e. The number of fused-ring (bicyclic) bond motifs is 1. The highest BCUT2D eigenvalue weighted by molar-refractivity contribution is 6.30. The molecule has 0 atom stereocenters. The number of carbonyl (C=O) groups excluding carboxylic acids is 1. The third kappa shape index (κ3) is 4.11. The number of imidazole rings is 1. The lowest BCUT2D eigenvalue weighted by atomic mass is 10.1. The van der Waals surface area contributed by atoms with Crippen LogP contribution in [0.5, 0.6) is 0 Å². The SMILES string of the molecule is CNCC(=O)N1CCn2c(nc(-c3ccc(F)cc3)c2Nc2ccc(Cl)cc2)C1. The van der Waals surface area contributed by atoms with Crippen molar-refractivity contribution in [2.75, 3.05) is 25.5 Å². The van der Waals surface area contributed by atoms with Crippen molar-refractivity contribution in [1.82, 2.24) is 19.8 Å². The molecule has 0 bridgehead atoms. The van der Waals surface area contributed by atoms with Gasteiger partial charge in [0.2, 0.25) is 5.91 Å². The maximum atomic E-state index is 13.4.